The van der Waals surface area contributed by atoms with Crippen LogP contribution in [-0.4, -0.2) is 34.9 Å². The van der Waals surface area contributed by atoms with Gasteiger partial charge in [0.25, 0.3) is 5.91 Å². The fourth-order valence-electron chi connectivity index (χ4n) is 2.93. The third kappa shape index (κ3) is 3.87. The molecule has 1 fully saturated rings. The molecule has 6 nitrogen and oxygen atoms in total. The van der Waals surface area contributed by atoms with Gasteiger partial charge in [0.15, 0.2) is 0 Å². The van der Waals surface area contributed by atoms with Crippen LogP contribution in [0, 0.1) is 0 Å². The quantitative estimate of drug-likeness (QED) is 0.464. The first kappa shape index (κ1) is 18.3. The van der Waals surface area contributed by atoms with Crippen molar-refractivity contribution in [3.8, 4) is 5.75 Å². The number of imide groups is 1. The second-order valence-corrected chi connectivity index (χ2v) is 6.27. The molecule has 7 heteroatoms. The SMILES string of the molecule is CCCC1(CCC)NC(=O)N(CC(=O)Oc2ccc(Cl)cc2)C1=O. The number of hydrogen-bond acceptors (Lipinski definition) is 4. The first-order chi connectivity index (χ1) is 11.4. The number of ether oxygens (including phenoxy) is 1. The van der Waals surface area contributed by atoms with Crippen LogP contribution in [0.3, 0.4) is 0 Å². The van der Waals surface area contributed by atoms with Crippen LogP contribution in [0.2, 0.25) is 5.02 Å². The van der Waals surface area contributed by atoms with Crippen molar-refractivity contribution in [1.82, 2.24) is 10.2 Å². The van der Waals surface area contributed by atoms with Crippen LogP contribution in [0.1, 0.15) is 39.5 Å². The number of amides is 3. The molecule has 1 N–H and O–H groups in total. The fraction of sp³-hybridized carbons (Fsp3) is 0.471. The van der Waals surface area contributed by atoms with E-state index in [4.69, 9.17) is 16.3 Å². The van der Waals surface area contributed by atoms with Crippen molar-refractivity contribution in [1.29, 1.82) is 0 Å². The van der Waals surface area contributed by atoms with Gasteiger partial charge in [0, 0.05) is 5.02 Å². The molecule has 3 amide bonds. The zero-order valence-corrected chi connectivity index (χ0v) is 14.6. The second kappa shape index (κ2) is 7.66. The Morgan fingerprint density at radius 3 is 2.29 bits per heavy atom. The Kier molecular flexibility index (Phi) is 5.83. The minimum atomic E-state index is -0.902. The summed E-state index contributed by atoms with van der Waals surface area (Å²) in [6.45, 7) is 3.49. The van der Waals surface area contributed by atoms with E-state index in [1.165, 1.54) is 0 Å². The third-order valence-corrected chi connectivity index (χ3v) is 4.18. The molecule has 0 saturated carbocycles. The molecule has 0 atom stereocenters. The number of nitrogens with one attached hydrogen (secondary N) is 1. The van der Waals surface area contributed by atoms with Gasteiger partial charge in [-0.05, 0) is 37.1 Å². The highest BCUT2D eigenvalue weighted by atomic mass is 35.5. The molecule has 1 aromatic rings. The van der Waals surface area contributed by atoms with Crippen LogP contribution >= 0.6 is 11.6 Å². The topological polar surface area (TPSA) is 75.7 Å². The first-order valence-electron chi connectivity index (χ1n) is 8.02. The van der Waals surface area contributed by atoms with Gasteiger partial charge < -0.3 is 10.1 Å². The zero-order valence-electron chi connectivity index (χ0n) is 13.8. The first-order valence-corrected chi connectivity index (χ1v) is 8.40. The van der Waals surface area contributed by atoms with Crippen LogP contribution in [0.15, 0.2) is 24.3 Å². The van der Waals surface area contributed by atoms with Gasteiger partial charge in [-0.2, -0.15) is 0 Å². The van der Waals surface area contributed by atoms with Crippen molar-refractivity contribution < 1.29 is 19.1 Å². The van der Waals surface area contributed by atoms with Gasteiger partial charge in [-0.1, -0.05) is 38.3 Å². The van der Waals surface area contributed by atoms with Gasteiger partial charge in [0.05, 0.1) is 0 Å². The van der Waals surface area contributed by atoms with Gasteiger partial charge >= 0.3 is 12.0 Å². The maximum Gasteiger partial charge on any atom is 0.331 e. The summed E-state index contributed by atoms with van der Waals surface area (Å²) in [6, 6.07) is 5.72. The normalized spacial score (nSPS) is 16.2. The lowest BCUT2D eigenvalue weighted by Crippen LogP contribution is -2.47. The maximum absolute atomic E-state index is 12.7. The number of nitrogens with zero attached hydrogens (tertiary/aromatic N) is 1. The summed E-state index contributed by atoms with van der Waals surface area (Å²) in [5, 5.41) is 3.28. The number of halogens is 1. The molecule has 130 valence electrons. The van der Waals surface area contributed by atoms with Crippen molar-refractivity contribution in [3.63, 3.8) is 0 Å². The number of benzene rings is 1. The van der Waals surface area contributed by atoms with E-state index < -0.39 is 24.1 Å². The molecule has 1 saturated heterocycles. The van der Waals surface area contributed by atoms with E-state index in [1.54, 1.807) is 24.3 Å². The van der Waals surface area contributed by atoms with Gasteiger partial charge in [0.2, 0.25) is 0 Å². The van der Waals surface area contributed by atoms with E-state index in [-0.39, 0.29) is 5.91 Å². The number of esters is 1. The molecule has 0 radical (unpaired) electrons. The van der Waals surface area contributed by atoms with Crippen LogP contribution in [0.5, 0.6) is 5.75 Å². The summed E-state index contributed by atoms with van der Waals surface area (Å²) in [5.41, 5.74) is -0.902. The summed E-state index contributed by atoms with van der Waals surface area (Å²) in [7, 11) is 0. The van der Waals surface area contributed by atoms with E-state index in [0.717, 1.165) is 17.7 Å². The summed E-state index contributed by atoms with van der Waals surface area (Å²) >= 11 is 5.77. The molecule has 1 aromatic carbocycles. The summed E-state index contributed by atoms with van der Waals surface area (Å²) in [5.74, 6) is -0.723. The summed E-state index contributed by atoms with van der Waals surface area (Å²) in [6.07, 6.45) is 2.62. The van der Waals surface area contributed by atoms with Crippen molar-refractivity contribution in [2.75, 3.05) is 6.54 Å². The highest BCUT2D eigenvalue weighted by Crippen LogP contribution is 2.28. The van der Waals surface area contributed by atoms with Gasteiger partial charge in [-0.3, -0.25) is 9.69 Å². The Morgan fingerprint density at radius 2 is 1.75 bits per heavy atom. The van der Waals surface area contributed by atoms with Crippen molar-refractivity contribution in [2.45, 2.75) is 45.1 Å². The molecule has 0 aliphatic carbocycles. The number of carbonyl (C=O) groups excluding carboxylic acids is 3. The predicted octanol–water partition coefficient (Wildman–Crippen LogP) is 3.14. The van der Waals surface area contributed by atoms with Crippen LogP contribution in [0.25, 0.3) is 0 Å². The van der Waals surface area contributed by atoms with Crippen molar-refractivity contribution in [2.24, 2.45) is 0 Å². The van der Waals surface area contributed by atoms with Gasteiger partial charge in [-0.25, -0.2) is 9.59 Å². The van der Waals surface area contributed by atoms with E-state index in [1.807, 2.05) is 13.8 Å². The predicted molar refractivity (Wildman–Crippen MR) is 89.9 cm³/mol. The van der Waals surface area contributed by atoms with E-state index in [9.17, 15) is 14.4 Å². The molecule has 0 aromatic heterocycles. The Labute approximate surface area is 146 Å². The Bertz CT molecular complexity index is 624. The minimum Gasteiger partial charge on any atom is -0.425 e. The fourth-order valence-corrected chi connectivity index (χ4v) is 3.06. The Balaban J connectivity index is 2.05. The minimum absolute atomic E-state index is 0.310. The molecule has 24 heavy (non-hydrogen) atoms. The monoisotopic (exact) mass is 352 g/mol. The molecule has 1 aliphatic heterocycles. The summed E-state index contributed by atoms with van der Waals surface area (Å²) < 4.78 is 5.14. The van der Waals surface area contributed by atoms with E-state index in [0.29, 0.717) is 23.6 Å². The third-order valence-electron chi connectivity index (χ3n) is 3.93. The highest BCUT2D eigenvalue weighted by molar-refractivity contribution is 6.30. The standard InChI is InChI=1S/C17H21ClN2O4/c1-3-9-17(10-4-2)15(22)20(16(23)19-17)11-14(21)24-13-7-5-12(18)6-8-13/h5-8H,3-4,9-11H2,1-2H3,(H,19,23). The van der Waals surface area contributed by atoms with Gasteiger partial charge in [0.1, 0.15) is 17.8 Å². The summed E-state index contributed by atoms with van der Waals surface area (Å²) in [4.78, 5) is 37.8. The molecular formula is C17H21ClN2O4. The van der Waals surface area contributed by atoms with Crippen LogP contribution < -0.4 is 10.1 Å². The molecule has 0 spiro atoms. The molecule has 1 heterocycles. The molecule has 1 aliphatic rings. The lowest BCUT2D eigenvalue weighted by molar-refractivity contribution is -0.141. The molecule has 2 rings (SSSR count). The smallest absolute Gasteiger partial charge is 0.331 e. The largest absolute Gasteiger partial charge is 0.425 e. The van der Waals surface area contributed by atoms with Crippen molar-refractivity contribution >= 4 is 29.5 Å². The highest BCUT2D eigenvalue weighted by Gasteiger charge is 2.50. The van der Waals surface area contributed by atoms with E-state index >= 15 is 0 Å². The van der Waals surface area contributed by atoms with E-state index in [2.05, 4.69) is 5.32 Å². The van der Waals surface area contributed by atoms with Crippen LogP contribution in [0.4, 0.5) is 4.79 Å². The average molecular weight is 353 g/mol. The van der Waals surface area contributed by atoms with Crippen LogP contribution in [-0.2, 0) is 9.59 Å². The van der Waals surface area contributed by atoms with Gasteiger partial charge in [-0.15, -0.1) is 0 Å². The Hall–Kier alpha value is -2.08. The maximum atomic E-state index is 12.7. The lowest BCUT2D eigenvalue weighted by atomic mass is 9.88. The number of rotatable bonds is 7. The number of hydrogen-bond donors (Lipinski definition) is 1. The number of urea groups is 1. The number of carbonyl (C=O) groups is 3. The second-order valence-electron chi connectivity index (χ2n) is 5.83. The average Bonchev–Trinajstić information content (AvgIpc) is 2.75. The molecule has 0 unspecified atom stereocenters. The molecular weight excluding hydrogens is 332 g/mol. The zero-order chi connectivity index (χ0) is 17.7. The molecule has 0 bridgehead atoms. The van der Waals surface area contributed by atoms with Crippen molar-refractivity contribution in [3.05, 3.63) is 29.3 Å². The lowest BCUT2D eigenvalue weighted by Gasteiger charge is -2.25. The Morgan fingerprint density at radius 1 is 1.17 bits per heavy atom.